The van der Waals surface area contributed by atoms with Crippen molar-refractivity contribution in [3.05, 3.63) is 53.6 Å². The molecule has 2 nitrogen and oxygen atoms in total. The number of halogens is 2. The van der Waals surface area contributed by atoms with Crippen LogP contribution >= 0.6 is 43.2 Å². The van der Waals surface area contributed by atoms with Gasteiger partial charge in [-0.3, -0.25) is 9.59 Å². The van der Waals surface area contributed by atoms with Crippen LogP contribution in [0, 0.1) is 0 Å². The van der Waals surface area contributed by atoms with Crippen LogP contribution in [0.3, 0.4) is 0 Å². The van der Waals surface area contributed by atoms with Gasteiger partial charge in [0.2, 0.25) is 0 Å². The van der Waals surface area contributed by atoms with Crippen molar-refractivity contribution in [2.75, 3.05) is 0 Å². The van der Waals surface area contributed by atoms with Gasteiger partial charge in [0.25, 0.3) is 0 Å². The van der Waals surface area contributed by atoms with Crippen molar-refractivity contribution in [2.24, 2.45) is 0 Å². The summed E-state index contributed by atoms with van der Waals surface area (Å²) in [5, 5.41) is 0. The van der Waals surface area contributed by atoms with Gasteiger partial charge in [-0.1, -0.05) is 26.8 Å². The Morgan fingerprint density at radius 2 is 1.43 bits per heavy atom. The standard InChI is InChI=1S/C16H12Br2O2S/c1-16(2,3)7-4-5-8-9(6-7)13(20)11-10(12(8)19)14(17)21-15(11)18/h4-6H,1-3H3. The van der Waals surface area contributed by atoms with E-state index in [2.05, 4.69) is 52.6 Å². The summed E-state index contributed by atoms with van der Waals surface area (Å²) in [6.07, 6.45) is 0. The Kier molecular flexibility index (Phi) is 3.50. The van der Waals surface area contributed by atoms with Crippen molar-refractivity contribution in [1.82, 2.24) is 0 Å². The van der Waals surface area contributed by atoms with Crippen LogP contribution in [0.25, 0.3) is 0 Å². The van der Waals surface area contributed by atoms with E-state index in [4.69, 9.17) is 0 Å². The molecule has 0 amide bonds. The molecule has 1 heterocycles. The molecule has 0 bridgehead atoms. The van der Waals surface area contributed by atoms with E-state index < -0.39 is 0 Å². The van der Waals surface area contributed by atoms with Gasteiger partial charge in [0.15, 0.2) is 11.6 Å². The minimum absolute atomic E-state index is 0.0644. The van der Waals surface area contributed by atoms with Gasteiger partial charge in [-0.15, -0.1) is 11.3 Å². The summed E-state index contributed by atoms with van der Waals surface area (Å²) in [4.78, 5) is 25.4. The molecule has 3 rings (SSSR count). The summed E-state index contributed by atoms with van der Waals surface area (Å²) in [7, 11) is 0. The summed E-state index contributed by atoms with van der Waals surface area (Å²) in [5.74, 6) is -0.173. The summed E-state index contributed by atoms with van der Waals surface area (Å²) >= 11 is 8.14. The molecular weight excluding hydrogens is 416 g/mol. The monoisotopic (exact) mass is 426 g/mol. The molecule has 0 radical (unpaired) electrons. The molecule has 2 aromatic rings. The zero-order chi connectivity index (χ0) is 15.5. The number of thiophene rings is 1. The van der Waals surface area contributed by atoms with Crippen LogP contribution in [0.2, 0.25) is 0 Å². The first-order valence-corrected chi connectivity index (χ1v) is 8.83. The number of fused-ring (bicyclic) bond motifs is 2. The van der Waals surface area contributed by atoms with Crippen molar-refractivity contribution in [1.29, 1.82) is 0 Å². The van der Waals surface area contributed by atoms with Gasteiger partial charge < -0.3 is 0 Å². The quantitative estimate of drug-likeness (QED) is 0.484. The van der Waals surface area contributed by atoms with E-state index >= 15 is 0 Å². The van der Waals surface area contributed by atoms with Crippen LogP contribution in [0.4, 0.5) is 0 Å². The van der Waals surface area contributed by atoms with E-state index in [9.17, 15) is 9.59 Å². The van der Waals surface area contributed by atoms with Crippen molar-refractivity contribution in [3.63, 3.8) is 0 Å². The lowest BCUT2D eigenvalue weighted by Crippen LogP contribution is -2.22. The average Bonchev–Trinajstić information content (AvgIpc) is 2.69. The molecule has 0 saturated heterocycles. The maximum absolute atomic E-state index is 12.8. The Morgan fingerprint density at radius 3 is 1.95 bits per heavy atom. The van der Waals surface area contributed by atoms with Crippen molar-refractivity contribution < 1.29 is 9.59 Å². The highest BCUT2D eigenvalue weighted by molar-refractivity contribution is 9.12. The Morgan fingerprint density at radius 1 is 0.905 bits per heavy atom. The van der Waals surface area contributed by atoms with Crippen LogP contribution in [-0.4, -0.2) is 11.6 Å². The van der Waals surface area contributed by atoms with Crippen LogP contribution in [0.1, 0.15) is 58.2 Å². The second-order valence-electron chi connectivity index (χ2n) is 6.07. The van der Waals surface area contributed by atoms with Crippen molar-refractivity contribution in [3.8, 4) is 0 Å². The Bertz CT molecular complexity index is 797. The minimum atomic E-state index is -0.0890. The molecule has 0 aliphatic heterocycles. The van der Waals surface area contributed by atoms with E-state index in [0.29, 0.717) is 29.8 Å². The van der Waals surface area contributed by atoms with Gasteiger partial charge in [-0.25, -0.2) is 0 Å². The normalized spacial score (nSPS) is 14.1. The first-order chi connectivity index (χ1) is 9.71. The molecular formula is C16H12Br2O2S. The molecule has 5 heteroatoms. The molecule has 0 fully saturated rings. The van der Waals surface area contributed by atoms with Crippen LogP contribution in [-0.2, 0) is 5.41 Å². The Labute approximate surface area is 143 Å². The second kappa shape index (κ2) is 4.86. The number of carbonyl (C=O) groups excluding carboxylic acids is 2. The summed E-state index contributed by atoms with van der Waals surface area (Å²) in [5.41, 5.74) is 2.95. The molecule has 0 unspecified atom stereocenters. The highest BCUT2D eigenvalue weighted by atomic mass is 79.9. The fourth-order valence-electron chi connectivity index (χ4n) is 2.45. The lowest BCUT2D eigenvalue weighted by Gasteiger charge is -2.22. The van der Waals surface area contributed by atoms with E-state index in [-0.39, 0.29) is 17.0 Å². The molecule has 1 aromatic heterocycles. The molecule has 1 aromatic carbocycles. The lowest BCUT2D eigenvalue weighted by molar-refractivity contribution is 0.0979. The summed E-state index contributed by atoms with van der Waals surface area (Å²) < 4.78 is 1.41. The van der Waals surface area contributed by atoms with Gasteiger partial charge >= 0.3 is 0 Å². The lowest BCUT2D eigenvalue weighted by atomic mass is 9.80. The molecule has 1 aliphatic rings. The smallest absolute Gasteiger partial charge is 0.196 e. The number of hydrogen-bond donors (Lipinski definition) is 0. The van der Waals surface area contributed by atoms with Crippen molar-refractivity contribution >= 4 is 54.8 Å². The number of rotatable bonds is 0. The predicted octanol–water partition coefficient (Wildman–Crippen LogP) is 5.35. The zero-order valence-electron chi connectivity index (χ0n) is 11.7. The van der Waals surface area contributed by atoms with E-state index in [0.717, 1.165) is 5.56 Å². The highest BCUT2D eigenvalue weighted by Crippen LogP contribution is 2.43. The second-order valence-corrected chi connectivity index (χ2v) is 9.72. The fourth-order valence-corrected chi connectivity index (χ4v) is 5.58. The first-order valence-electron chi connectivity index (χ1n) is 6.43. The van der Waals surface area contributed by atoms with Gasteiger partial charge in [0.05, 0.1) is 18.7 Å². The summed E-state index contributed by atoms with van der Waals surface area (Å²) in [6.45, 7) is 6.27. The number of benzene rings is 1. The maximum Gasteiger partial charge on any atom is 0.196 e. The maximum atomic E-state index is 12.8. The van der Waals surface area contributed by atoms with E-state index in [1.165, 1.54) is 11.3 Å². The SMILES string of the molecule is CC(C)(C)c1ccc2c(c1)C(=O)c1c(Br)sc(Br)c1C2=O. The molecule has 21 heavy (non-hydrogen) atoms. The zero-order valence-corrected chi connectivity index (χ0v) is 15.7. The molecule has 0 N–H and O–H groups in total. The van der Waals surface area contributed by atoms with Gasteiger partial charge in [-0.2, -0.15) is 0 Å². The topological polar surface area (TPSA) is 34.1 Å². The van der Waals surface area contributed by atoms with Crippen LogP contribution in [0.5, 0.6) is 0 Å². The molecule has 1 aliphatic carbocycles. The third-order valence-corrected chi connectivity index (χ3v) is 6.18. The Hall–Kier alpha value is -0.780. The number of ketones is 2. The highest BCUT2D eigenvalue weighted by Gasteiger charge is 2.35. The third kappa shape index (κ3) is 2.26. The Balaban J connectivity index is 2.27. The van der Waals surface area contributed by atoms with Crippen LogP contribution < -0.4 is 0 Å². The predicted molar refractivity (Wildman–Crippen MR) is 91.7 cm³/mol. The summed E-state index contributed by atoms with van der Waals surface area (Å²) in [6, 6.07) is 5.57. The van der Waals surface area contributed by atoms with Gasteiger partial charge in [-0.05, 0) is 55.0 Å². The minimum Gasteiger partial charge on any atom is -0.288 e. The third-order valence-electron chi connectivity index (χ3n) is 3.65. The van der Waals surface area contributed by atoms with E-state index in [1.54, 1.807) is 6.07 Å². The molecule has 108 valence electrons. The van der Waals surface area contributed by atoms with Crippen molar-refractivity contribution in [2.45, 2.75) is 26.2 Å². The number of carbonyl (C=O) groups is 2. The van der Waals surface area contributed by atoms with Crippen LogP contribution in [0.15, 0.2) is 25.8 Å². The molecule has 0 spiro atoms. The first kappa shape index (κ1) is 15.1. The fraction of sp³-hybridized carbons (Fsp3) is 0.250. The molecule has 0 atom stereocenters. The largest absolute Gasteiger partial charge is 0.288 e. The average molecular weight is 428 g/mol. The number of hydrogen-bond acceptors (Lipinski definition) is 3. The molecule has 0 saturated carbocycles. The van der Waals surface area contributed by atoms with E-state index in [1.807, 2.05) is 12.1 Å². The van der Waals surface area contributed by atoms with Gasteiger partial charge in [0.1, 0.15) is 0 Å². The van der Waals surface area contributed by atoms with Gasteiger partial charge in [0, 0.05) is 11.1 Å².